The van der Waals surface area contributed by atoms with Gasteiger partial charge in [-0.05, 0) is 37.1 Å². The van der Waals surface area contributed by atoms with Gasteiger partial charge < -0.3 is 9.80 Å². The fourth-order valence-electron chi connectivity index (χ4n) is 4.58. The van der Waals surface area contributed by atoms with E-state index in [-0.39, 0.29) is 5.91 Å². The van der Waals surface area contributed by atoms with E-state index in [0.29, 0.717) is 6.42 Å². The summed E-state index contributed by atoms with van der Waals surface area (Å²) in [5.41, 5.74) is 5.66. The molecule has 1 aromatic heterocycles. The van der Waals surface area contributed by atoms with Gasteiger partial charge in [0.15, 0.2) is 0 Å². The van der Waals surface area contributed by atoms with Crippen molar-refractivity contribution >= 4 is 22.9 Å². The molecule has 0 saturated carbocycles. The minimum Gasteiger partial charge on any atom is -0.312 e. The summed E-state index contributed by atoms with van der Waals surface area (Å²) in [4.78, 5) is 24.6. The lowest BCUT2D eigenvalue weighted by atomic mass is 10.0. The monoisotopic (exact) mass is 446 g/mol. The van der Waals surface area contributed by atoms with Gasteiger partial charge in [-0.25, -0.2) is 4.98 Å². The molecule has 0 N–H and O–H groups in total. The molecule has 0 bridgehead atoms. The number of benzene rings is 2. The predicted octanol–water partition coefficient (Wildman–Crippen LogP) is 4.08. The zero-order chi connectivity index (χ0) is 21.9. The molecule has 0 spiro atoms. The average molecular weight is 447 g/mol. The minimum absolute atomic E-state index is 0.136. The Morgan fingerprint density at radius 2 is 1.78 bits per heavy atom. The molecule has 3 heterocycles. The molecule has 0 aliphatic carbocycles. The molecule has 5 nitrogen and oxygen atoms in total. The number of carbonyl (C=O) groups is 1. The Bertz CT molecular complexity index is 1070. The highest BCUT2D eigenvalue weighted by atomic mass is 32.1. The van der Waals surface area contributed by atoms with Gasteiger partial charge in [-0.15, -0.1) is 11.3 Å². The van der Waals surface area contributed by atoms with Crippen LogP contribution in [-0.2, 0) is 24.2 Å². The lowest BCUT2D eigenvalue weighted by molar-refractivity contribution is -0.118. The Morgan fingerprint density at radius 3 is 2.59 bits per heavy atom. The number of likely N-dealkylation sites (N-methyl/N-ethyl adjacent to an activating group) is 1. The summed E-state index contributed by atoms with van der Waals surface area (Å²) in [6.45, 7) is 6.33. The number of aromatic nitrogens is 1. The topological polar surface area (TPSA) is 39.7 Å². The van der Waals surface area contributed by atoms with E-state index in [2.05, 4.69) is 59.3 Å². The Morgan fingerprint density at radius 1 is 1.00 bits per heavy atom. The van der Waals surface area contributed by atoms with Crippen molar-refractivity contribution in [2.75, 3.05) is 44.7 Å². The largest absolute Gasteiger partial charge is 0.312 e. The second-order valence-electron chi connectivity index (χ2n) is 8.87. The van der Waals surface area contributed by atoms with E-state index in [9.17, 15) is 4.79 Å². The smallest absolute Gasteiger partial charge is 0.233 e. The van der Waals surface area contributed by atoms with Crippen molar-refractivity contribution in [2.24, 2.45) is 0 Å². The fourth-order valence-corrected chi connectivity index (χ4v) is 5.41. The number of piperazine rings is 1. The molecule has 1 amide bonds. The average Bonchev–Trinajstić information content (AvgIpc) is 3.29. The van der Waals surface area contributed by atoms with Gasteiger partial charge in [0.05, 0.1) is 12.1 Å². The number of carbonyl (C=O) groups excluding carboxylic acids is 1. The van der Waals surface area contributed by atoms with Crippen LogP contribution in [-0.4, -0.2) is 60.5 Å². The number of amides is 1. The number of para-hydroxylation sites is 1. The van der Waals surface area contributed by atoms with E-state index in [0.717, 1.165) is 74.1 Å². The summed E-state index contributed by atoms with van der Waals surface area (Å²) >= 11 is 1.62. The third-order valence-corrected chi connectivity index (χ3v) is 7.44. The van der Waals surface area contributed by atoms with Crippen molar-refractivity contribution in [1.29, 1.82) is 0 Å². The number of hydrogen-bond donors (Lipinski definition) is 0. The maximum Gasteiger partial charge on any atom is 0.233 e. The number of thiazole rings is 1. The van der Waals surface area contributed by atoms with Crippen molar-refractivity contribution in [3.63, 3.8) is 0 Å². The molecule has 166 valence electrons. The highest BCUT2D eigenvalue weighted by Gasteiger charge is 2.23. The molecule has 2 aliphatic heterocycles. The first kappa shape index (κ1) is 21.3. The summed E-state index contributed by atoms with van der Waals surface area (Å²) in [6.07, 6.45) is 2.42. The molecule has 5 rings (SSSR count). The van der Waals surface area contributed by atoms with E-state index in [1.165, 1.54) is 11.1 Å². The third-order valence-electron chi connectivity index (χ3n) is 6.50. The second kappa shape index (κ2) is 9.53. The molecule has 32 heavy (non-hydrogen) atoms. The predicted molar refractivity (Wildman–Crippen MR) is 131 cm³/mol. The van der Waals surface area contributed by atoms with Gasteiger partial charge in [-0.1, -0.05) is 42.5 Å². The zero-order valence-electron chi connectivity index (χ0n) is 18.7. The summed E-state index contributed by atoms with van der Waals surface area (Å²) in [7, 11) is 2.19. The molecule has 0 atom stereocenters. The summed E-state index contributed by atoms with van der Waals surface area (Å²) in [5.74, 6) is 0.136. The van der Waals surface area contributed by atoms with E-state index in [4.69, 9.17) is 4.98 Å². The lowest BCUT2D eigenvalue weighted by Gasteiger charge is -2.32. The van der Waals surface area contributed by atoms with Gasteiger partial charge in [0.1, 0.15) is 5.01 Å². The van der Waals surface area contributed by atoms with Crippen LogP contribution in [0.3, 0.4) is 0 Å². The molecular weight excluding hydrogens is 416 g/mol. The summed E-state index contributed by atoms with van der Waals surface area (Å²) < 4.78 is 0. The van der Waals surface area contributed by atoms with E-state index in [1.54, 1.807) is 11.3 Å². The lowest BCUT2D eigenvalue weighted by Crippen LogP contribution is -2.43. The first-order chi connectivity index (χ1) is 15.7. The van der Waals surface area contributed by atoms with Crippen molar-refractivity contribution in [1.82, 2.24) is 14.8 Å². The minimum atomic E-state index is 0.136. The molecule has 1 saturated heterocycles. The van der Waals surface area contributed by atoms with Crippen molar-refractivity contribution in [3.05, 3.63) is 70.7 Å². The maximum absolute atomic E-state index is 13.0. The van der Waals surface area contributed by atoms with Crippen LogP contribution in [0.15, 0.2) is 53.9 Å². The Labute approximate surface area is 194 Å². The molecule has 0 radical (unpaired) electrons. The van der Waals surface area contributed by atoms with Crippen LogP contribution in [0.1, 0.15) is 23.2 Å². The zero-order valence-corrected chi connectivity index (χ0v) is 19.5. The van der Waals surface area contributed by atoms with Gasteiger partial charge >= 0.3 is 0 Å². The summed E-state index contributed by atoms with van der Waals surface area (Å²) in [6, 6.07) is 17.0. The van der Waals surface area contributed by atoms with Gasteiger partial charge in [-0.2, -0.15) is 0 Å². The van der Waals surface area contributed by atoms with Crippen LogP contribution in [0.4, 0.5) is 5.69 Å². The molecule has 0 unspecified atom stereocenters. The highest BCUT2D eigenvalue weighted by molar-refractivity contribution is 7.13. The Balaban J connectivity index is 1.22. The highest BCUT2D eigenvalue weighted by Crippen LogP contribution is 2.28. The first-order valence-electron chi connectivity index (χ1n) is 11.5. The van der Waals surface area contributed by atoms with Gasteiger partial charge in [-0.3, -0.25) is 9.69 Å². The number of fused-ring (bicyclic) bond motifs is 1. The van der Waals surface area contributed by atoms with Crippen LogP contribution >= 0.6 is 11.3 Å². The maximum atomic E-state index is 13.0. The van der Waals surface area contributed by atoms with E-state index < -0.39 is 0 Å². The SMILES string of the molecule is CN1CCN(Cc2ccc(-c3nc(CC(=O)N4CCCc5ccccc54)cs3)cc2)CC1. The van der Waals surface area contributed by atoms with E-state index in [1.807, 2.05) is 16.3 Å². The molecule has 3 aromatic rings. The van der Waals surface area contributed by atoms with Crippen LogP contribution in [0, 0.1) is 0 Å². The van der Waals surface area contributed by atoms with Crippen LogP contribution in [0.2, 0.25) is 0 Å². The van der Waals surface area contributed by atoms with Crippen molar-refractivity contribution < 1.29 is 4.79 Å². The van der Waals surface area contributed by atoms with E-state index >= 15 is 0 Å². The standard InChI is InChI=1S/C26H30N4OS/c1-28-13-15-29(16-14-28)18-20-8-10-22(11-9-20)26-27-23(19-32-26)17-25(31)30-12-4-6-21-5-2-3-7-24(21)30/h2-3,5,7-11,19H,4,6,12-18H2,1H3. The van der Waals surface area contributed by atoms with Gasteiger partial charge in [0.2, 0.25) is 5.91 Å². The van der Waals surface area contributed by atoms with Crippen LogP contribution < -0.4 is 4.90 Å². The van der Waals surface area contributed by atoms with Crippen LogP contribution in [0.5, 0.6) is 0 Å². The first-order valence-corrected chi connectivity index (χ1v) is 12.4. The second-order valence-corrected chi connectivity index (χ2v) is 9.73. The molecule has 6 heteroatoms. The van der Waals surface area contributed by atoms with Crippen molar-refractivity contribution in [3.8, 4) is 10.6 Å². The van der Waals surface area contributed by atoms with Crippen LogP contribution in [0.25, 0.3) is 10.6 Å². The van der Waals surface area contributed by atoms with Gasteiger partial charge in [0.25, 0.3) is 0 Å². The number of anilines is 1. The van der Waals surface area contributed by atoms with Crippen molar-refractivity contribution in [2.45, 2.75) is 25.8 Å². The number of nitrogens with zero attached hydrogens (tertiary/aromatic N) is 4. The molecule has 1 fully saturated rings. The Kier molecular flexibility index (Phi) is 6.35. The number of aryl methyl sites for hydroxylation is 1. The summed E-state index contributed by atoms with van der Waals surface area (Å²) in [5, 5.41) is 3.01. The van der Waals surface area contributed by atoms with Gasteiger partial charge in [0, 0.05) is 55.9 Å². The molecule has 2 aliphatic rings. The third kappa shape index (κ3) is 4.77. The normalized spacial score (nSPS) is 17.3. The quantitative estimate of drug-likeness (QED) is 0.592. The number of rotatable bonds is 5. The molecular formula is C26H30N4OS. The Hall–Kier alpha value is -2.54. The fraction of sp³-hybridized carbons (Fsp3) is 0.385. The number of hydrogen-bond acceptors (Lipinski definition) is 5. The molecule has 2 aromatic carbocycles.